The van der Waals surface area contributed by atoms with Crippen LogP contribution >= 0.6 is 12.4 Å². The lowest BCUT2D eigenvalue weighted by atomic mass is 9.83. The summed E-state index contributed by atoms with van der Waals surface area (Å²) in [6.07, 6.45) is 11.7. The van der Waals surface area contributed by atoms with Crippen LogP contribution in [0, 0.1) is 0 Å². The average molecular weight is 407 g/mol. The van der Waals surface area contributed by atoms with Crippen molar-refractivity contribution in [1.29, 1.82) is 0 Å². The largest absolute Gasteiger partial charge is 0.380 e. The molecule has 0 radical (unpaired) electrons. The molecule has 0 bridgehead atoms. The van der Waals surface area contributed by atoms with Gasteiger partial charge in [-0.15, -0.1) is 12.4 Å². The van der Waals surface area contributed by atoms with E-state index in [1.54, 1.807) is 0 Å². The Morgan fingerprint density at radius 3 is 2.48 bits per heavy atom. The summed E-state index contributed by atoms with van der Waals surface area (Å²) in [5.74, 6) is 0.733. The highest BCUT2D eigenvalue weighted by atomic mass is 35.5. The Morgan fingerprint density at radius 2 is 1.66 bits per heavy atom. The number of anilines is 1. The van der Waals surface area contributed by atoms with Crippen LogP contribution in [0.2, 0.25) is 0 Å². The number of aromatic nitrogens is 1. The minimum atomic E-state index is 0. The van der Waals surface area contributed by atoms with Crippen molar-refractivity contribution in [2.45, 2.75) is 70.3 Å². The van der Waals surface area contributed by atoms with Gasteiger partial charge in [-0.25, -0.2) is 0 Å². The summed E-state index contributed by atoms with van der Waals surface area (Å²) in [4.78, 5) is 5.08. The molecule has 0 spiro atoms. The normalized spacial score (nSPS) is 16.8. The third-order valence-corrected chi connectivity index (χ3v) is 6.67. The van der Waals surface area contributed by atoms with Gasteiger partial charge < -0.3 is 5.32 Å². The number of aryl methyl sites for hydroxylation is 1. The van der Waals surface area contributed by atoms with Crippen molar-refractivity contribution in [2.24, 2.45) is 0 Å². The van der Waals surface area contributed by atoms with Crippen molar-refractivity contribution in [3.63, 3.8) is 0 Å². The molecule has 2 nitrogen and oxygen atoms in total. The minimum Gasteiger partial charge on any atom is -0.380 e. The van der Waals surface area contributed by atoms with E-state index >= 15 is 0 Å². The van der Waals surface area contributed by atoms with Crippen LogP contribution in [0.1, 0.15) is 73.2 Å². The van der Waals surface area contributed by atoms with Crippen LogP contribution in [0.4, 0.5) is 5.69 Å². The fourth-order valence-corrected chi connectivity index (χ4v) is 5.12. The highest BCUT2D eigenvalue weighted by molar-refractivity contribution is 5.94. The van der Waals surface area contributed by atoms with E-state index in [1.165, 1.54) is 78.4 Å². The zero-order valence-corrected chi connectivity index (χ0v) is 17.9. The van der Waals surface area contributed by atoms with Gasteiger partial charge in [0, 0.05) is 23.3 Å². The molecule has 5 rings (SSSR count). The number of nitrogens with zero attached hydrogens (tertiary/aromatic N) is 1. The Balaban J connectivity index is 0.00000205. The van der Waals surface area contributed by atoms with Gasteiger partial charge in [-0.2, -0.15) is 0 Å². The van der Waals surface area contributed by atoms with Crippen molar-refractivity contribution in [3.8, 4) is 0 Å². The van der Waals surface area contributed by atoms with E-state index in [0.29, 0.717) is 0 Å². The van der Waals surface area contributed by atoms with Crippen molar-refractivity contribution in [2.75, 3.05) is 5.32 Å². The Hall–Kier alpha value is -2.06. The summed E-state index contributed by atoms with van der Waals surface area (Å²) in [5.41, 5.74) is 8.15. The van der Waals surface area contributed by atoms with Gasteiger partial charge in [-0.1, -0.05) is 55.7 Å². The van der Waals surface area contributed by atoms with Gasteiger partial charge in [0.1, 0.15) is 0 Å². The van der Waals surface area contributed by atoms with Crippen LogP contribution in [-0.2, 0) is 19.4 Å². The molecule has 3 aromatic rings. The summed E-state index contributed by atoms with van der Waals surface area (Å²) >= 11 is 0. The highest BCUT2D eigenvalue weighted by Gasteiger charge is 2.20. The fraction of sp³-hybridized carbons (Fsp3) is 0.423. The second-order valence-corrected chi connectivity index (χ2v) is 8.57. The maximum absolute atomic E-state index is 5.08. The maximum Gasteiger partial charge on any atom is 0.0726 e. The predicted octanol–water partition coefficient (Wildman–Crippen LogP) is 7.20. The quantitative estimate of drug-likeness (QED) is 0.495. The number of hydrogen-bond acceptors (Lipinski definition) is 2. The first kappa shape index (κ1) is 20.2. The molecule has 0 amide bonds. The first-order chi connectivity index (χ1) is 13.9. The van der Waals surface area contributed by atoms with Gasteiger partial charge in [0.15, 0.2) is 0 Å². The van der Waals surface area contributed by atoms with E-state index in [-0.39, 0.29) is 12.4 Å². The number of halogens is 1. The molecule has 152 valence electrons. The third kappa shape index (κ3) is 4.28. The molecule has 1 heterocycles. The second kappa shape index (κ2) is 9.17. The molecule has 3 heteroatoms. The Labute approximate surface area is 180 Å². The highest BCUT2D eigenvalue weighted by Crippen LogP contribution is 2.38. The Kier molecular flexibility index (Phi) is 6.40. The fourth-order valence-electron chi connectivity index (χ4n) is 5.12. The zero-order chi connectivity index (χ0) is 18.8. The molecule has 1 saturated carbocycles. The van der Waals surface area contributed by atoms with Crippen molar-refractivity contribution in [3.05, 3.63) is 70.9 Å². The van der Waals surface area contributed by atoms with Crippen molar-refractivity contribution in [1.82, 2.24) is 4.98 Å². The first-order valence-corrected chi connectivity index (χ1v) is 11.1. The van der Waals surface area contributed by atoms with E-state index in [9.17, 15) is 0 Å². The number of hydrogen-bond donors (Lipinski definition) is 1. The number of pyridine rings is 1. The van der Waals surface area contributed by atoms with E-state index in [0.717, 1.165) is 30.8 Å². The molecule has 0 atom stereocenters. The molecule has 2 aliphatic carbocycles. The van der Waals surface area contributed by atoms with Gasteiger partial charge in [-0.3, -0.25) is 4.98 Å². The van der Waals surface area contributed by atoms with E-state index in [2.05, 4.69) is 53.8 Å². The SMILES string of the molecule is Cl.c1ccc(CNc2c3c(nc4ccc(C5CCCCC5)cc24)CCCC3)cc1. The summed E-state index contributed by atoms with van der Waals surface area (Å²) < 4.78 is 0. The third-order valence-electron chi connectivity index (χ3n) is 6.67. The molecule has 0 unspecified atom stereocenters. The molecule has 2 aliphatic rings. The zero-order valence-electron chi connectivity index (χ0n) is 17.1. The minimum absolute atomic E-state index is 0. The molecule has 0 saturated heterocycles. The number of fused-ring (bicyclic) bond motifs is 2. The molecular formula is C26H31ClN2. The molecule has 1 fully saturated rings. The first-order valence-electron chi connectivity index (χ1n) is 11.1. The molecule has 29 heavy (non-hydrogen) atoms. The smallest absolute Gasteiger partial charge is 0.0726 e. The number of nitrogens with one attached hydrogen (secondary N) is 1. The van der Waals surface area contributed by atoms with Crippen LogP contribution in [0.25, 0.3) is 10.9 Å². The molecular weight excluding hydrogens is 376 g/mol. The summed E-state index contributed by atoms with van der Waals surface area (Å²) in [7, 11) is 0. The van der Waals surface area contributed by atoms with Crippen LogP contribution < -0.4 is 5.32 Å². The Bertz CT molecular complexity index is 961. The number of benzene rings is 2. The maximum atomic E-state index is 5.08. The lowest BCUT2D eigenvalue weighted by Crippen LogP contribution is -2.12. The van der Waals surface area contributed by atoms with Crippen LogP contribution in [-0.4, -0.2) is 4.98 Å². The molecule has 0 aliphatic heterocycles. The molecule has 2 aromatic carbocycles. The lowest BCUT2D eigenvalue weighted by molar-refractivity contribution is 0.444. The average Bonchev–Trinajstić information content (AvgIpc) is 2.77. The van der Waals surface area contributed by atoms with Crippen LogP contribution in [0.3, 0.4) is 0 Å². The van der Waals surface area contributed by atoms with Crippen LogP contribution in [0.5, 0.6) is 0 Å². The van der Waals surface area contributed by atoms with Gasteiger partial charge in [0.25, 0.3) is 0 Å². The van der Waals surface area contributed by atoms with Crippen molar-refractivity contribution < 1.29 is 0 Å². The topological polar surface area (TPSA) is 24.9 Å². The number of rotatable bonds is 4. The van der Waals surface area contributed by atoms with Gasteiger partial charge in [0.05, 0.1) is 5.52 Å². The van der Waals surface area contributed by atoms with E-state index in [1.807, 2.05) is 0 Å². The van der Waals surface area contributed by atoms with Gasteiger partial charge in [0.2, 0.25) is 0 Å². The monoisotopic (exact) mass is 406 g/mol. The molecule has 1 N–H and O–H groups in total. The van der Waals surface area contributed by atoms with E-state index in [4.69, 9.17) is 4.98 Å². The lowest BCUT2D eigenvalue weighted by Gasteiger charge is -2.25. The van der Waals surface area contributed by atoms with E-state index < -0.39 is 0 Å². The molecule has 1 aromatic heterocycles. The summed E-state index contributed by atoms with van der Waals surface area (Å²) in [6, 6.07) is 17.8. The summed E-state index contributed by atoms with van der Waals surface area (Å²) in [5, 5.41) is 5.16. The van der Waals surface area contributed by atoms with Gasteiger partial charge >= 0.3 is 0 Å². The van der Waals surface area contributed by atoms with Gasteiger partial charge in [-0.05, 0) is 73.3 Å². The summed E-state index contributed by atoms with van der Waals surface area (Å²) in [6.45, 7) is 0.875. The standard InChI is InChI=1S/C26H30N2.ClH/c1-3-9-19(10-4-1)18-27-26-22-13-7-8-14-24(22)28-25-16-15-21(17-23(25)26)20-11-5-2-6-12-20;/h1,3-4,9-10,15-17,20H,2,5-8,11-14,18H2,(H,27,28);1H. The Morgan fingerprint density at radius 1 is 0.862 bits per heavy atom. The van der Waals surface area contributed by atoms with Crippen molar-refractivity contribution >= 4 is 29.0 Å². The predicted molar refractivity (Wildman–Crippen MR) is 125 cm³/mol. The van der Waals surface area contributed by atoms with Crippen LogP contribution in [0.15, 0.2) is 48.5 Å². The second-order valence-electron chi connectivity index (χ2n) is 8.57.